The standard InChI is InChI=1S/C19H17ClN4O/c1-12-11-14-5-3-4-6-17(14)23(12)19(25)18-21-13(2)24(22-18)16-9-7-15(20)8-10-16/h3-10,12H,11H2,1-2H3/t12-/m1/s1. The molecule has 1 aliphatic heterocycles. The highest BCUT2D eigenvalue weighted by Gasteiger charge is 2.33. The summed E-state index contributed by atoms with van der Waals surface area (Å²) in [4.78, 5) is 19.2. The Kier molecular flexibility index (Phi) is 3.81. The molecular formula is C19H17ClN4O. The van der Waals surface area contributed by atoms with Gasteiger partial charge in [0.25, 0.3) is 5.91 Å². The van der Waals surface area contributed by atoms with Crippen molar-refractivity contribution < 1.29 is 4.79 Å². The van der Waals surface area contributed by atoms with Crippen molar-refractivity contribution in [1.82, 2.24) is 14.8 Å². The van der Waals surface area contributed by atoms with Crippen LogP contribution in [0.15, 0.2) is 48.5 Å². The van der Waals surface area contributed by atoms with E-state index in [0.717, 1.165) is 17.8 Å². The summed E-state index contributed by atoms with van der Waals surface area (Å²) in [5, 5.41) is 5.09. The maximum atomic E-state index is 13.0. The van der Waals surface area contributed by atoms with Crippen molar-refractivity contribution >= 4 is 23.2 Å². The second-order valence-corrected chi connectivity index (χ2v) is 6.66. The molecule has 0 spiro atoms. The monoisotopic (exact) mass is 352 g/mol. The van der Waals surface area contributed by atoms with Gasteiger partial charge in [-0.15, -0.1) is 5.10 Å². The molecule has 3 aromatic rings. The summed E-state index contributed by atoms with van der Waals surface area (Å²) in [5.41, 5.74) is 2.95. The number of rotatable bonds is 2. The lowest BCUT2D eigenvalue weighted by Gasteiger charge is -2.20. The third-order valence-corrected chi connectivity index (χ3v) is 4.71. The number of aryl methyl sites for hydroxylation is 1. The lowest BCUT2D eigenvalue weighted by molar-refractivity contribution is 0.0971. The van der Waals surface area contributed by atoms with E-state index in [9.17, 15) is 4.79 Å². The van der Waals surface area contributed by atoms with E-state index in [0.29, 0.717) is 10.8 Å². The second kappa shape index (κ2) is 6.01. The minimum absolute atomic E-state index is 0.0905. The number of nitrogens with zero attached hydrogens (tertiary/aromatic N) is 4. The van der Waals surface area contributed by atoms with Gasteiger partial charge in [0.2, 0.25) is 5.82 Å². The largest absolute Gasteiger partial charge is 0.302 e. The highest BCUT2D eigenvalue weighted by Crippen LogP contribution is 2.32. The number of carbonyl (C=O) groups is 1. The number of benzene rings is 2. The van der Waals surface area contributed by atoms with Crippen molar-refractivity contribution in [3.05, 3.63) is 70.8 Å². The van der Waals surface area contributed by atoms with Gasteiger partial charge in [-0.1, -0.05) is 29.8 Å². The van der Waals surface area contributed by atoms with Crippen LogP contribution in [0.4, 0.5) is 5.69 Å². The molecule has 0 N–H and O–H groups in total. The average Bonchev–Trinajstić information content (AvgIpc) is 3.14. The lowest BCUT2D eigenvalue weighted by atomic mass is 10.1. The molecule has 6 heteroatoms. The minimum Gasteiger partial charge on any atom is -0.302 e. The van der Waals surface area contributed by atoms with E-state index >= 15 is 0 Å². The molecule has 1 aromatic heterocycles. The summed E-state index contributed by atoms with van der Waals surface area (Å²) in [6.45, 7) is 3.88. The molecule has 1 aliphatic rings. The maximum Gasteiger partial charge on any atom is 0.298 e. The van der Waals surface area contributed by atoms with E-state index < -0.39 is 0 Å². The molecule has 4 rings (SSSR count). The molecule has 0 saturated carbocycles. The van der Waals surface area contributed by atoms with E-state index in [1.54, 1.807) is 21.7 Å². The van der Waals surface area contributed by atoms with Crippen LogP contribution in [0, 0.1) is 6.92 Å². The van der Waals surface area contributed by atoms with Crippen LogP contribution in [0.25, 0.3) is 5.69 Å². The molecule has 2 heterocycles. The summed E-state index contributed by atoms with van der Waals surface area (Å²) in [7, 11) is 0. The molecule has 0 aliphatic carbocycles. The second-order valence-electron chi connectivity index (χ2n) is 6.23. The SMILES string of the molecule is Cc1nc(C(=O)N2c3ccccc3C[C@H]2C)nn1-c1ccc(Cl)cc1. The van der Waals surface area contributed by atoms with Gasteiger partial charge in [-0.05, 0) is 56.2 Å². The molecule has 126 valence electrons. The van der Waals surface area contributed by atoms with Crippen LogP contribution >= 0.6 is 11.6 Å². The molecular weight excluding hydrogens is 336 g/mol. The first-order valence-corrected chi connectivity index (χ1v) is 8.53. The fourth-order valence-corrected chi connectivity index (χ4v) is 3.42. The highest BCUT2D eigenvalue weighted by atomic mass is 35.5. The molecule has 0 bridgehead atoms. The number of aromatic nitrogens is 3. The number of amides is 1. The summed E-state index contributed by atoms with van der Waals surface area (Å²) < 4.78 is 1.66. The molecule has 0 radical (unpaired) electrons. The van der Waals surface area contributed by atoms with E-state index in [4.69, 9.17) is 11.6 Å². The van der Waals surface area contributed by atoms with Crippen LogP contribution in [0.2, 0.25) is 5.02 Å². The third kappa shape index (κ3) is 2.70. The Morgan fingerprint density at radius 3 is 2.64 bits per heavy atom. The number of fused-ring (bicyclic) bond motifs is 1. The van der Waals surface area contributed by atoms with Crippen molar-refractivity contribution in [1.29, 1.82) is 0 Å². The number of hydrogen-bond acceptors (Lipinski definition) is 3. The zero-order valence-electron chi connectivity index (χ0n) is 14.0. The molecule has 0 fully saturated rings. The maximum absolute atomic E-state index is 13.0. The number of carbonyl (C=O) groups excluding carboxylic acids is 1. The Morgan fingerprint density at radius 2 is 1.88 bits per heavy atom. The van der Waals surface area contributed by atoms with Gasteiger partial charge in [0.05, 0.1) is 5.69 Å². The van der Waals surface area contributed by atoms with Crippen LogP contribution in [-0.4, -0.2) is 26.7 Å². The van der Waals surface area contributed by atoms with Crippen LogP contribution in [0.5, 0.6) is 0 Å². The fraction of sp³-hybridized carbons (Fsp3) is 0.211. The predicted molar refractivity (Wildman–Crippen MR) is 97.5 cm³/mol. The lowest BCUT2D eigenvalue weighted by Crippen LogP contribution is -2.36. The number of anilines is 1. The van der Waals surface area contributed by atoms with E-state index in [1.807, 2.05) is 44.2 Å². The fourth-order valence-electron chi connectivity index (χ4n) is 3.29. The van der Waals surface area contributed by atoms with Crippen molar-refractivity contribution in [3.8, 4) is 5.69 Å². The molecule has 1 amide bonds. The highest BCUT2D eigenvalue weighted by molar-refractivity contribution is 6.30. The Morgan fingerprint density at radius 1 is 1.16 bits per heavy atom. The quantitative estimate of drug-likeness (QED) is 0.704. The molecule has 1 atom stereocenters. The third-order valence-electron chi connectivity index (χ3n) is 4.46. The van der Waals surface area contributed by atoms with Crippen LogP contribution < -0.4 is 4.90 Å². The zero-order chi connectivity index (χ0) is 17.6. The van der Waals surface area contributed by atoms with Gasteiger partial charge < -0.3 is 4.90 Å². The molecule has 5 nitrogen and oxygen atoms in total. The number of para-hydroxylation sites is 1. The number of hydrogen-bond donors (Lipinski definition) is 0. The van der Waals surface area contributed by atoms with Crippen LogP contribution in [0.1, 0.15) is 28.9 Å². The first-order valence-electron chi connectivity index (χ1n) is 8.15. The van der Waals surface area contributed by atoms with Gasteiger partial charge in [0.1, 0.15) is 5.82 Å². The summed E-state index contributed by atoms with van der Waals surface area (Å²) in [6, 6.07) is 15.4. The van der Waals surface area contributed by atoms with Gasteiger partial charge in [-0.3, -0.25) is 4.79 Å². The van der Waals surface area contributed by atoms with Crippen molar-refractivity contribution in [2.24, 2.45) is 0 Å². The molecule has 0 saturated heterocycles. The summed E-state index contributed by atoms with van der Waals surface area (Å²) >= 11 is 5.94. The van der Waals surface area contributed by atoms with Gasteiger partial charge >= 0.3 is 0 Å². The minimum atomic E-state index is -0.173. The first kappa shape index (κ1) is 15.8. The van der Waals surface area contributed by atoms with Crippen molar-refractivity contribution in [2.75, 3.05) is 4.90 Å². The predicted octanol–water partition coefficient (Wildman–Crippen LogP) is 3.82. The molecule has 2 aromatic carbocycles. The molecule has 25 heavy (non-hydrogen) atoms. The molecule has 0 unspecified atom stereocenters. The Bertz CT molecular complexity index is 948. The smallest absolute Gasteiger partial charge is 0.298 e. The van der Waals surface area contributed by atoms with E-state index in [-0.39, 0.29) is 17.8 Å². The van der Waals surface area contributed by atoms with E-state index in [2.05, 4.69) is 16.1 Å². The van der Waals surface area contributed by atoms with E-state index in [1.165, 1.54) is 5.56 Å². The van der Waals surface area contributed by atoms with Gasteiger partial charge in [-0.2, -0.15) is 0 Å². The van der Waals surface area contributed by atoms with Gasteiger partial charge in [0.15, 0.2) is 0 Å². The average molecular weight is 353 g/mol. The Hall–Kier alpha value is -2.66. The van der Waals surface area contributed by atoms with Gasteiger partial charge in [0, 0.05) is 16.8 Å². The van der Waals surface area contributed by atoms with Crippen molar-refractivity contribution in [2.45, 2.75) is 26.3 Å². The van der Waals surface area contributed by atoms with Crippen LogP contribution in [0.3, 0.4) is 0 Å². The van der Waals surface area contributed by atoms with Crippen molar-refractivity contribution in [3.63, 3.8) is 0 Å². The normalized spacial score (nSPS) is 16.1. The Labute approximate surface area is 150 Å². The number of halogens is 1. The topological polar surface area (TPSA) is 51.0 Å². The van der Waals surface area contributed by atoms with Gasteiger partial charge in [-0.25, -0.2) is 9.67 Å². The summed E-state index contributed by atoms with van der Waals surface area (Å²) in [5.74, 6) is 0.690. The first-order chi connectivity index (χ1) is 12.0. The Balaban J connectivity index is 1.70. The van der Waals surface area contributed by atoms with Crippen LogP contribution in [-0.2, 0) is 6.42 Å². The summed E-state index contributed by atoms with van der Waals surface area (Å²) in [6.07, 6.45) is 0.846. The zero-order valence-corrected chi connectivity index (χ0v) is 14.7.